The Kier molecular flexibility index (Phi) is 3.90. The molecule has 2 fully saturated rings. The highest BCUT2D eigenvalue weighted by Gasteiger charge is 2.41. The molecule has 0 spiro atoms. The molecule has 2 aromatic rings. The Morgan fingerprint density at radius 1 is 1.39 bits per heavy atom. The van der Waals surface area contributed by atoms with Gasteiger partial charge in [0.15, 0.2) is 0 Å². The third-order valence-corrected chi connectivity index (χ3v) is 5.40. The molecule has 4 rings (SSSR count). The van der Waals surface area contributed by atoms with E-state index in [-0.39, 0.29) is 5.92 Å². The normalized spacial score (nSPS) is 24.8. The summed E-state index contributed by atoms with van der Waals surface area (Å²) in [6.45, 7) is 6.13. The zero-order valence-corrected chi connectivity index (χ0v) is 14.0. The van der Waals surface area contributed by atoms with Gasteiger partial charge in [-0.3, -0.25) is 9.69 Å². The van der Waals surface area contributed by atoms with E-state index >= 15 is 0 Å². The van der Waals surface area contributed by atoms with Crippen molar-refractivity contribution >= 4 is 17.2 Å². The largest absolute Gasteiger partial charge is 0.340 e. The highest BCUT2D eigenvalue weighted by molar-refractivity contribution is 7.08. The van der Waals surface area contributed by atoms with Gasteiger partial charge in [0.1, 0.15) is 0 Å². The first-order chi connectivity index (χ1) is 11.2. The predicted octanol–water partition coefficient (Wildman–Crippen LogP) is 2.10. The van der Waals surface area contributed by atoms with Gasteiger partial charge in [-0.2, -0.15) is 16.3 Å². The first kappa shape index (κ1) is 14.8. The molecule has 2 aliphatic rings. The molecule has 2 aromatic heterocycles. The Labute approximate surface area is 139 Å². The van der Waals surface area contributed by atoms with Gasteiger partial charge in [0.2, 0.25) is 17.6 Å². The van der Waals surface area contributed by atoms with Crippen molar-refractivity contribution in [2.75, 3.05) is 26.2 Å². The van der Waals surface area contributed by atoms with Crippen LogP contribution in [0.2, 0.25) is 0 Å². The van der Waals surface area contributed by atoms with Gasteiger partial charge < -0.3 is 9.42 Å². The monoisotopic (exact) mass is 332 g/mol. The first-order valence-corrected chi connectivity index (χ1v) is 9.01. The minimum Gasteiger partial charge on any atom is -0.340 e. The van der Waals surface area contributed by atoms with Gasteiger partial charge in [0.05, 0.1) is 6.54 Å². The molecule has 1 amide bonds. The Morgan fingerprint density at radius 3 is 2.83 bits per heavy atom. The average molecular weight is 332 g/mol. The van der Waals surface area contributed by atoms with E-state index in [1.54, 1.807) is 11.3 Å². The number of amides is 1. The van der Waals surface area contributed by atoms with Crippen LogP contribution < -0.4 is 0 Å². The maximum absolute atomic E-state index is 12.2. The second kappa shape index (κ2) is 6.05. The summed E-state index contributed by atoms with van der Waals surface area (Å²) < 4.78 is 5.35. The van der Waals surface area contributed by atoms with E-state index in [2.05, 4.69) is 22.0 Å². The second-order valence-electron chi connectivity index (χ2n) is 6.44. The van der Waals surface area contributed by atoms with Crippen molar-refractivity contribution in [3.63, 3.8) is 0 Å². The van der Waals surface area contributed by atoms with E-state index in [0.717, 1.165) is 38.2 Å². The molecule has 122 valence electrons. The van der Waals surface area contributed by atoms with E-state index in [4.69, 9.17) is 4.52 Å². The second-order valence-corrected chi connectivity index (χ2v) is 7.22. The van der Waals surface area contributed by atoms with Crippen molar-refractivity contribution in [2.45, 2.75) is 19.9 Å². The lowest BCUT2D eigenvalue weighted by Gasteiger charge is -2.34. The summed E-state index contributed by atoms with van der Waals surface area (Å²) in [7, 11) is 0. The van der Waals surface area contributed by atoms with Crippen LogP contribution in [0.5, 0.6) is 0 Å². The number of hydrogen-bond donors (Lipinski definition) is 0. The third kappa shape index (κ3) is 3.16. The lowest BCUT2D eigenvalue weighted by atomic mass is 10.2. The quantitative estimate of drug-likeness (QED) is 0.858. The van der Waals surface area contributed by atoms with Gasteiger partial charge in [0.25, 0.3) is 0 Å². The minimum atomic E-state index is 0.283. The molecule has 0 bridgehead atoms. The smallest absolute Gasteiger partial charge is 0.241 e. The maximum atomic E-state index is 12.2. The molecular weight excluding hydrogens is 312 g/mol. The predicted molar refractivity (Wildman–Crippen MR) is 86.7 cm³/mol. The van der Waals surface area contributed by atoms with Crippen LogP contribution >= 0.6 is 11.3 Å². The van der Waals surface area contributed by atoms with E-state index in [1.807, 2.05) is 21.7 Å². The molecular formula is C16H20N4O2S. The van der Waals surface area contributed by atoms with E-state index in [9.17, 15) is 4.79 Å². The summed E-state index contributed by atoms with van der Waals surface area (Å²) in [6.07, 6.45) is 1.06. The number of piperazine rings is 1. The fraction of sp³-hybridized carbons (Fsp3) is 0.562. The number of aromatic nitrogens is 2. The lowest BCUT2D eigenvalue weighted by Crippen LogP contribution is -2.48. The Bertz CT molecular complexity index is 676. The van der Waals surface area contributed by atoms with Gasteiger partial charge in [0, 0.05) is 43.0 Å². The van der Waals surface area contributed by atoms with Gasteiger partial charge in [-0.1, -0.05) is 12.1 Å². The molecule has 1 saturated carbocycles. The minimum absolute atomic E-state index is 0.283. The lowest BCUT2D eigenvalue weighted by molar-refractivity contribution is -0.134. The van der Waals surface area contributed by atoms with Crippen LogP contribution in [-0.2, 0) is 11.3 Å². The molecule has 1 saturated heterocycles. The molecule has 6 nitrogen and oxygen atoms in total. The Morgan fingerprint density at radius 2 is 2.17 bits per heavy atom. The Balaban J connectivity index is 1.30. The van der Waals surface area contributed by atoms with Crippen LogP contribution in [0.1, 0.15) is 19.2 Å². The molecule has 1 aliphatic carbocycles. The van der Waals surface area contributed by atoms with Crippen molar-refractivity contribution in [3.05, 3.63) is 22.7 Å². The SMILES string of the molecule is C[C@@H]1C[C@@H]1C(=O)N1CCN(Cc2nc(-c3ccsc3)no2)CC1. The topological polar surface area (TPSA) is 62.5 Å². The summed E-state index contributed by atoms with van der Waals surface area (Å²) in [6, 6.07) is 1.99. The van der Waals surface area contributed by atoms with Crippen molar-refractivity contribution in [1.29, 1.82) is 0 Å². The van der Waals surface area contributed by atoms with Crippen molar-refractivity contribution < 1.29 is 9.32 Å². The fourth-order valence-corrected chi connectivity index (χ4v) is 3.68. The van der Waals surface area contributed by atoms with Crippen LogP contribution in [0, 0.1) is 11.8 Å². The van der Waals surface area contributed by atoms with E-state index in [0.29, 0.717) is 30.1 Å². The van der Waals surface area contributed by atoms with Crippen molar-refractivity contribution in [3.8, 4) is 11.4 Å². The van der Waals surface area contributed by atoms with Crippen molar-refractivity contribution in [2.24, 2.45) is 11.8 Å². The molecule has 7 heteroatoms. The summed E-state index contributed by atoms with van der Waals surface area (Å²) in [4.78, 5) is 21.0. The molecule has 0 unspecified atom stereocenters. The van der Waals surface area contributed by atoms with Crippen LogP contribution in [0.3, 0.4) is 0 Å². The number of carbonyl (C=O) groups is 1. The van der Waals surface area contributed by atoms with Gasteiger partial charge in [-0.05, 0) is 23.8 Å². The number of rotatable bonds is 4. The molecule has 3 heterocycles. The fourth-order valence-electron chi connectivity index (χ4n) is 3.05. The summed E-state index contributed by atoms with van der Waals surface area (Å²) in [5, 5.41) is 8.05. The zero-order valence-electron chi connectivity index (χ0n) is 13.1. The molecule has 0 N–H and O–H groups in total. The molecule has 23 heavy (non-hydrogen) atoms. The average Bonchev–Trinajstić information content (AvgIpc) is 3.00. The van der Waals surface area contributed by atoms with Gasteiger partial charge >= 0.3 is 0 Å². The van der Waals surface area contributed by atoms with Crippen LogP contribution in [-0.4, -0.2) is 52.0 Å². The molecule has 1 aliphatic heterocycles. The number of thiophene rings is 1. The van der Waals surface area contributed by atoms with Crippen molar-refractivity contribution in [1.82, 2.24) is 19.9 Å². The highest BCUT2D eigenvalue weighted by Crippen LogP contribution is 2.39. The van der Waals surface area contributed by atoms with E-state index in [1.165, 1.54) is 0 Å². The first-order valence-electron chi connectivity index (χ1n) is 8.07. The zero-order chi connectivity index (χ0) is 15.8. The molecule has 2 atom stereocenters. The molecule has 0 aromatic carbocycles. The summed E-state index contributed by atoms with van der Waals surface area (Å²) in [5.74, 6) is 2.49. The van der Waals surface area contributed by atoms with Gasteiger partial charge in [-0.25, -0.2) is 0 Å². The number of carbonyl (C=O) groups excluding carboxylic acids is 1. The van der Waals surface area contributed by atoms with Gasteiger partial charge in [-0.15, -0.1) is 0 Å². The number of hydrogen-bond acceptors (Lipinski definition) is 6. The van der Waals surface area contributed by atoms with Crippen LogP contribution in [0.25, 0.3) is 11.4 Å². The number of nitrogens with zero attached hydrogens (tertiary/aromatic N) is 4. The Hall–Kier alpha value is -1.73. The molecule has 0 radical (unpaired) electrons. The maximum Gasteiger partial charge on any atom is 0.241 e. The van der Waals surface area contributed by atoms with Crippen LogP contribution in [0.15, 0.2) is 21.3 Å². The standard InChI is InChI=1S/C16H20N4O2S/c1-11-8-13(11)16(21)20-5-3-19(4-6-20)9-14-17-15(18-22-14)12-2-7-23-10-12/h2,7,10-11,13H,3-6,8-9H2,1H3/t11-,13+/m1/s1. The highest BCUT2D eigenvalue weighted by atomic mass is 32.1. The van der Waals surface area contributed by atoms with E-state index < -0.39 is 0 Å². The third-order valence-electron chi connectivity index (χ3n) is 4.72. The van der Waals surface area contributed by atoms with Crippen LogP contribution in [0.4, 0.5) is 0 Å². The summed E-state index contributed by atoms with van der Waals surface area (Å²) >= 11 is 1.62. The summed E-state index contributed by atoms with van der Waals surface area (Å²) in [5.41, 5.74) is 0.999.